The van der Waals surface area contributed by atoms with Crippen LogP contribution in [0.15, 0.2) is 16.7 Å². The molecule has 0 radical (unpaired) electrons. The summed E-state index contributed by atoms with van der Waals surface area (Å²) in [6.07, 6.45) is 4.59. The Bertz CT molecular complexity index is 322. The minimum Gasteiger partial charge on any atom is -0.364 e. The maximum absolute atomic E-state index is 13.4. The number of aromatic nitrogens is 1. The Morgan fingerprint density at radius 1 is 1.67 bits per heavy atom. The number of pyridine rings is 1. The van der Waals surface area contributed by atoms with Crippen molar-refractivity contribution in [1.29, 1.82) is 0 Å². The number of nitrogens with zero attached hydrogens (tertiary/aromatic N) is 1. The summed E-state index contributed by atoms with van der Waals surface area (Å²) in [4.78, 5) is 4.01. The third kappa shape index (κ3) is 3.99. The maximum Gasteiger partial charge on any atom is 0.166 e. The average Bonchev–Trinajstić information content (AvgIpc) is 2.21. The summed E-state index contributed by atoms with van der Waals surface area (Å²) < 4.78 is 14.1. The molecule has 0 amide bonds. The molecule has 1 aromatic heterocycles. The molecule has 5 heteroatoms. The van der Waals surface area contributed by atoms with Gasteiger partial charge in [0.15, 0.2) is 11.6 Å². The van der Waals surface area contributed by atoms with Gasteiger partial charge in [0.25, 0.3) is 0 Å². The van der Waals surface area contributed by atoms with Gasteiger partial charge in [-0.15, -0.1) is 0 Å². The van der Waals surface area contributed by atoms with Gasteiger partial charge in [-0.1, -0.05) is 6.92 Å². The Kier molecular flexibility index (Phi) is 5.39. The van der Waals surface area contributed by atoms with E-state index in [0.717, 1.165) is 12.2 Å². The first-order valence-corrected chi connectivity index (χ1v) is 6.92. The second-order valence-corrected chi connectivity index (χ2v) is 5.02. The van der Waals surface area contributed by atoms with Gasteiger partial charge in [-0.05, 0) is 34.7 Å². The van der Waals surface area contributed by atoms with E-state index in [2.05, 4.69) is 33.2 Å². The van der Waals surface area contributed by atoms with Crippen molar-refractivity contribution in [3.8, 4) is 0 Å². The highest BCUT2D eigenvalue weighted by Gasteiger charge is 2.09. The van der Waals surface area contributed by atoms with E-state index in [1.807, 2.05) is 6.26 Å². The van der Waals surface area contributed by atoms with Crippen LogP contribution < -0.4 is 5.32 Å². The smallest absolute Gasteiger partial charge is 0.166 e. The van der Waals surface area contributed by atoms with Crippen LogP contribution in [-0.4, -0.2) is 23.0 Å². The molecule has 0 aromatic carbocycles. The van der Waals surface area contributed by atoms with Crippen LogP contribution in [-0.2, 0) is 0 Å². The molecule has 0 aliphatic rings. The second-order valence-electron chi connectivity index (χ2n) is 3.19. The van der Waals surface area contributed by atoms with E-state index in [9.17, 15) is 4.39 Å². The van der Waals surface area contributed by atoms with Gasteiger partial charge < -0.3 is 5.32 Å². The number of hydrogen-bond donors (Lipinski definition) is 1. The highest BCUT2D eigenvalue weighted by Crippen LogP contribution is 2.18. The fourth-order valence-electron chi connectivity index (χ4n) is 1.18. The molecule has 0 saturated heterocycles. The maximum atomic E-state index is 13.4. The standard InChI is InChI=1S/C10H14BrFN2S/c1-3-8(6-15-2)14-10-9(12)4-7(11)5-13-10/h4-5,8H,3,6H2,1-2H3,(H,13,14). The molecule has 1 aromatic rings. The van der Waals surface area contributed by atoms with Gasteiger partial charge >= 0.3 is 0 Å². The number of anilines is 1. The van der Waals surface area contributed by atoms with E-state index < -0.39 is 0 Å². The monoisotopic (exact) mass is 292 g/mol. The molecular formula is C10H14BrFN2S. The van der Waals surface area contributed by atoms with E-state index in [4.69, 9.17) is 0 Å². The van der Waals surface area contributed by atoms with Crippen molar-refractivity contribution in [3.05, 3.63) is 22.6 Å². The first kappa shape index (κ1) is 12.8. The Balaban J connectivity index is 2.70. The summed E-state index contributed by atoms with van der Waals surface area (Å²) in [5.41, 5.74) is 0. The first-order valence-electron chi connectivity index (χ1n) is 4.73. The van der Waals surface area contributed by atoms with Crippen LogP contribution in [0, 0.1) is 5.82 Å². The van der Waals surface area contributed by atoms with Crippen LogP contribution in [0.25, 0.3) is 0 Å². The summed E-state index contributed by atoms with van der Waals surface area (Å²) >= 11 is 4.92. The largest absolute Gasteiger partial charge is 0.364 e. The topological polar surface area (TPSA) is 24.9 Å². The van der Waals surface area contributed by atoms with Crippen molar-refractivity contribution in [3.63, 3.8) is 0 Å². The lowest BCUT2D eigenvalue weighted by Gasteiger charge is -2.16. The van der Waals surface area contributed by atoms with Gasteiger partial charge in [0.2, 0.25) is 0 Å². The normalized spacial score (nSPS) is 12.5. The van der Waals surface area contributed by atoms with Gasteiger partial charge in [-0.25, -0.2) is 9.37 Å². The van der Waals surface area contributed by atoms with Gasteiger partial charge in [0, 0.05) is 22.5 Å². The molecule has 84 valence electrons. The molecule has 0 bridgehead atoms. The van der Waals surface area contributed by atoms with Crippen molar-refractivity contribution in [2.75, 3.05) is 17.3 Å². The van der Waals surface area contributed by atoms with Crippen LogP contribution in [0.1, 0.15) is 13.3 Å². The molecular weight excluding hydrogens is 279 g/mol. The van der Waals surface area contributed by atoms with Crippen molar-refractivity contribution in [1.82, 2.24) is 4.98 Å². The molecule has 0 aliphatic carbocycles. The molecule has 0 aliphatic heterocycles. The molecule has 0 fully saturated rings. The van der Waals surface area contributed by atoms with Crippen molar-refractivity contribution in [2.24, 2.45) is 0 Å². The number of nitrogens with one attached hydrogen (secondary N) is 1. The number of hydrogen-bond acceptors (Lipinski definition) is 3. The molecule has 0 spiro atoms. The molecule has 2 nitrogen and oxygen atoms in total. The third-order valence-corrected chi connectivity index (χ3v) is 3.18. The molecule has 1 unspecified atom stereocenters. The molecule has 15 heavy (non-hydrogen) atoms. The molecule has 1 rings (SSSR count). The lowest BCUT2D eigenvalue weighted by Crippen LogP contribution is -2.22. The summed E-state index contributed by atoms with van der Waals surface area (Å²) in [6.45, 7) is 2.07. The first-order chi connectivity index (χ1) is 7.17. The second kappa shape index (κ2) is 6.33. The summed E-state index contributed by atoms with van der Waals surface area (Å²) in [5.74, 6) is 0.969. The zero-order valence-electron chi connectivity index (χ0n) is 8.76. The summed E-state index contributed by atoms with van der Waals surface area (Å²) in [5, 5.41) is 3.10. The van der Waals surface area contributed by atoms with E-state index in [1.54, 1.807) is 18.0 Å². The Morgan fingerprint density at radius 3 is 2.93 bits per heavy atom. The van der Waals surface area contributed by atoms with Crippen LogP contribution in [0.5, 0.6) is 0 Å². The van der Waals surface area contributed by atoms with E-state index in [0.29, 0.717) is 10.3 Å². The number of thioether (sulfide) groups is 1. The lowest BCUT2D eigenvalue weighted by molar-refractivity contribution is 0.618. The fraction of sp³-hybridized carbons (Fsp3) is 0.500. The highest BCUT2D eigenvalue weighted by atomic mass is 79.9. The van der Waals surface area contributed by atoms with Crippen LogP contribution in [0.3, 0.4) is 0 Å². The van der Waals surface area contributed by atoms with Crippen molar-refractivity contribution in [2.45, 2.75) is 19.4 Å². The zero-order valence-corrected chi connectivity index (χ0v) is 11.2. The molecule has 1 atom stereocenters. The Morgan fingerprint density at radius 2 is 2.40 bits per heavy atom. The van der Waals surface area contributed by atoms with E-state index in [-0.39, 0.29) is 11.9 Å². The minimum atomic E-state index is -0.316. The Labute approximate surface area is 102 Å². The van der Waals surface area contributed by atoms with Crippen LogP contribution in [0.4, 0.5) is 10.2 Å². The Hall–Kier alpha value is -0.290. The number of halogens is 2. The summed E-state index contributed by atoms with van der Waals surface area (Å²) in [6, 6.07) is 1.68. The van der Waals surface area contributed by atoms with Gasteiger partial charge in [-0.2, -0.15) is 11.8 Å². The predicted molar refractivity (Wildman–Crippen MR) is 68.0 cm³/mol. The van der Waals surface area contributed by atoms with Gasteiger partial charge in [0.05, 0.1) is 0 Å². The average molecular weight is 293 g/mol. The molecule has 1 heterocycles. The lowest BCUT2D eigenvalue weighted by atomic mass is 10.2. The van der Waals surface area contributed by atoms with Crippen molar-refractivity contribution < 1.29 is 4.39 Å². The summed E-state index contributed by atoms with van der Waals surface area (Å²) in [7, 11) is 0. The van der Waals surface area contributed by atoms with E-state index >= 15 is 0 Å². The predicted octanol–water partition coefficient (Wildman–Crippen LogP) is 3.54. The highest BCUT2D eigenvalue weighted by molar-refractivity contribution is 9.10. The van der Waals surface area contributed by atoms with Crippen molar-refractivity contribution >= 4 is 33.5 Å². The quantitative estimate of drug-likeness (QED) is 0.899. The molecule has 1 N–H and O–H groups in total. The zero-order chi connectivity index (χ0) is 11.3. The van der Waals surface area contributed by atoms with Gasteiger partial charge in [-0.3, -0.25) is 0 Å². The van der Waals surface area contributed by atoms with E-state index in [1.165, 1.54) is 6.07 Å². The van der Waals surface area contributed by atoms with Crippen LogP contribution in [0.2, 0.25) is 0 Å². The SMILES string of the molecule is CCC(CSC)Nc1ncc(Br)cc1F. The number of rotatable bonds is 5. The molecule has 0 saturated carbocycles. The fourth-order valence-corrected chi connectivity index (χ4v) is 2.20. The minimum absolute atomic E-state index is 0.267. The van der Waals surface area contributed by atoms with Gasteiger partial charge in [0.1, 0.15) is 0 Å². The van der Waals surface area contributed by atoms with Crippen LogP contribution >= 0.6 is 27.7 Å². The third-order valence-electron chi connectivity index (χ3n) is 2.01.